The minimum atomic E-state index is -0.787. The average Bonchev–Trinajstić information content (AvgIpc) is 2.42. The first-order chi connectivity index (χ1) is 9.02. The Morgan fingerprint density at radius 2 is 1.89 bits per heavy atom. The Morgan fingerprint density at radius 3 is 2.42 bits per heavy atom. The van der Waals surface area contributed by atoms with Gasteiger partial charge in [0, 0.05) is 26.7 Å². The molecule has 3 N–H and O–H groups in total. The van der Waals surface area contributed by atoms with Crippen LogP contribution in [0.25, 0.3) is 0 Å². The second-order valence-corrected chi connectivity index (χ2v) is 5.33. The molecule has 19 heavy (non-hydrogen) atoms. The number of nitrogens with one attached hydrogen (secondary N) is 2. The Hall–Kier alpha value is -1.30. The van der Waals surface area contributed by atoms with E-state index >= 15 is 0 Å². The summed E-state index contributed by atoms with van der Waals surface area (Å²) in [5, 5.41) is 15.1. The van der Waals surface area contributed by atoms with Gasteiger partial charge in [-0.2, -0.15) is 0 Å². The van der Waals surface area contributed by atoms with Crippen LogP contribution in [0.5, 0.6) is 0 Å². The molecule has 6 nitrogen and oxygen atoms in total. The van der Waals surface area contributed by atoms with Gasteiger partial charge in [-0.3, -0.25) is 4.79 Å². The molecule has 0 saturated heterocycles. The molecule has 1 aliphatic rings. The first-order valence-corrected chi connectivity index (χ1v) is 6.89. The van der Waals surface area contributed by atoms with Gasteiger partial charge < -0.3 is 20.6 Å². The number of carbonyl (C=O) groups excluding carboxylic acids is 1. The summed E-state index contributed by atoms with van der Waals surface area (Å²) < 4.78 is 0. The van der Waals surface area contributed by atoms with E-state index in [9.17, 15) is 14.7 Å². The zero-order chi connectivity index (χ0) is 14.3. The zero-order valence-corrected chi connectivity index (χ0v) is 11.9. The van der Waals surface area contributed by atoms with E-state index in [0.717, 1.165) is 19.3 Å². The lowest BCUT2D eigenvalue weighted by molar-refractivity contribution is -0.150. The summed E-state index contributed by atoms with van der Waals surface area (Å²) in [6.07, 6.45) is 4.26. The maximum absolute atomic E-state index is 11.9. The van der Waals surface area contributed by atoms with Crippen LogP contribution >= 0.6 is 0 Å². The van der Waals surface area contributed by atoms with Gasteiger partial charge in [0.15, 0.2) is 0 Å². The quantitative estimate of drug-likeness (QED) is 0.670. The first kappa shape index (κ1) is 15.8. The topological polar surface area (TPSA) is 81.7 Å². The summed E-state index contributed by atoms with van der Waals surface area (Å²) in [6.45, 7) is 1.54. The first-order valence-electron chi connectivity index (χ1n) is 6.89. The van der Waals surface area contributed by atoms with Crippen LogP contribution in [0.1, 0.15) is 32.1 Å². The van der Waals surface area contributed by atoms with E-state index in [-0.39, 0.29) is 12.6 Å². The Labute approximate surface area is 114 Å². The Morgan fingerprint density at radius 1 is 1.26 bits per heavy atom. The molecule has 0 atom stereocenters. The lowest BCUT2D eigenvalue weighted by Crippen LogP contribution is -2.48. The van der Waals surface area contributed by atoms with Crippen LogP contribution in [0.2, 0.25) is 0 Å². The number of aliphatic carboxylic acids is 1. The number of carboxylic acids is 1. The third-order valence-corrected chi connectivity index (χ3v) is 3.89. The SMILES string of the molecule is CNCCN(C)C(=O)NCC1(C(=O)O)CCCCC1. The van der Waals surface area contributed by atoms with E-state index in [4.69, 9.17) is 0 Å². The van der Waals surface area contributed by atoms with Crippen LogP contribution in [0.4, 0.5) is 4.79 Å². The number of amides is 2. The summed E-state index contributed by atoms with van der Waals surface area (Å²) in [6, 6.07) is -0.207. The van der Waals surface area contributed by atoms with Crippen molar-refractivity contribution in [2.75, 3.05) is 33.7 Å². The molecule has 1 rings (SSSR count). The molecule has 110 valence electrons. The van der Waals surface area contributed by atoms with Gasteiger partial charge in [-0.05, 0) is 19.9 Å². The molecule has 0 unspecified atom stereocenters. The summed E-state index contributed by atoms with van der Waals surface area (Å²) >= 11 is 0. The minimum Gasteiger partial charge on any atom is -0.481 e. The van der Waals surface area contributed by atoms with E-state index in [0.29, 0.717) is 25.9 Å². The van der Waals surface area contributed by atoms with Crippen molar-refractivity contribution in [2.24, 2.45) is 5.41 Å². The summed E-state index contributed by atoms with van der Waals surface area (Å²) in [5.74, 6) is -0.787. The van der Waals surface area contributed by atoms with Crippen LogP contribution in [0, 0.1) is 5.41 Å². The fraction of sp³-hybridized carbons (Fsp3) is 0.846. The number of rotatable bonds is 6. The molecule has 0 aromatic rings. The van der Waals surface area contributed by atoms with Crippen LogP contribution in [-0.4, -0.2) is 55.7 Å². The van der Waals surface area contributed by atoms with Gasteiger partial charge >= 0.3 is 12.0 Å². The molecule has 0 spiro atoms. The molecule has 2 amide bonds. The van der Waals surface area contributed by atoms with Crippen molar-refractivity contribution in [3.63, 3.8) is 0 Å². The van der Waals surface area contributed by atoms with Crippen LogP contribution in [0.15, 0.2) is 0 Å². The summed E-state index contributed by atoms with van der Waals surface area (Å²) in [5.41, 5.74) is -0.766. The van der Waals surface area contributed by atoms with Crippen LogP contribution in [0.3, 0.4) is 0 Å². The smallest absolute Gasteiger partial charge is 0.317 e. The number of urea groups is 1. The molecule has 0 heterocycles. The highest BCUT2D eigenvalue weighted by atomic mass is 16.4. The van der Waals surface area contributed by atoms with Crippen molar-refractivity contribution in [2.45, 2.75) is 32.1 Å². The maximum atomic E-state index is 11.9. The second kappa shape index (κ2) is 7.33. The Bertz CT molecular complexity index is 314. The van der Waals surface area contributed by atoms with E-state index in [1.807, 2.05) is 7.05 Å². The molecule has 0 radical (unpaired) electrons. The van der Waals surface area contributed by atoms with Crippen molar-refractivity contribution in [3.8, 4) is 0 Å². The van der Waals surface area contributed by atoms with Crippen LogP contribution < -0.4 is 10.6 Å². The molecule has 0 aromatic heterocycles. The van der Waals surface area contributed by atoms with Gasteiger partial charge in [0.1, 0.15) is 0 Å². The van der Waals surface area contributed by atoms with Gasteiger partial charge in [-0.25, -0.2) is 4.79 Å². The number of nitrogens with zero attached hydrogens (tertiary/aromatic N) is 1. The third-order valence-electron chi connectivity index (χ3n) is 3.89. The standard InChI is InChI=1S/C13H25N3O3/c1-14-8-9-16(2)12(19)15-10-13(11(17)18)6-4-3-5-7-13/h14H,3-10H2,1-2H3,(H,15,19)(H,17,18). The minimum absolute atomic E-state index is 0.207. The fourth-order valence-corrected chi connectivity index (χ4v) is 2.46. The van der Waals surface area contributed by atoms with Crippen molar-refractivity contribution in [1.82, 2.24) is 15.5 Å². The molecule has 1 saturated carbocycles. The Kier molecular flexibility index (Phi) is 6.08. The number of hydrogen-bond donors (Lipinski definition) is 3. The highest BCUT2D eigenvalue weighted by molar-refractivity contribution is 5.78. The second-order valence-electron chi connectivity index (χ2n) is 5.33. The summed E-state index contributed by atoms with van der Waals surface area (Å²) in [7, 11) is 3.54. The van der Waals surface area contributed by atoms with Crippen molar-refractivity contribution in [1.29, 1.82) is 0 Å². The number of hydrogen-bond acceptors (Lipinski definition) is 3. The molecule has 0 aromatic carbocycles. The molecule has 0 bridgehead atoms. The van der Waals surface area contributed by atoms with Gasteiger partial charge in [-0.15, -0.1) is 0 Å². The lowest BCUT2D eigenvalue weighted by atomic mass is 9.74. The van der Waals surface area contributed by atoms with Crippen molar-refractivity contribution in [3.05, 3.63) is 0 Å². The average molecular weight is 271 g/mol. The predicted octanol–water partition coefficient (Wildman–Crippen LogP) is 0.882. The van der Waals surface area contributed by atoms with Gasteiger partial charge in [-0.1, -0.05) is 19.3 Å². The highest BCUT2D eigenvalue weighted by Gasteiger charge is 2.39. The number of carbonyl (C=O) groups is 2. The van der Waals surface area contributed by atoms with E-state index in [2.05, 4.69) is 10.6 Å². The van der Waals surface area contributed by atoms with Crippen molar-refractivity contribution < 1.29 is 14.7 Å². The number of carboxylic acid groups (broad SMARTS) is 1. The van der Waals surface area contributed by atoms with E-state index < -0.39 is 11.4 Å². The fourth-order valence-electron chi connectivity index (χ4n) is 2.46. The monoisotopic (exact) mass is 271 g/mol. The van der Waals surface area contributed by atoms with E-state index in [1.54, 1.807) is 11.9 Å². The zero-order valence-electron chi connectivity index (χ0n) is 11.9. The molecular weight excluding hydrogens is 246 g/mol. The molecule has 1 aliphatic carbocycles. The maximum Gasteiger partial charge on any atom is 0.317 e. The summed E-state index contributed by atoms with van der Waals surface area (Å²) in [4.78, 5) is 24.9. The van der Waals surface area contributed by atoms with Gasteiger partial charge in [0.05, 0.1) is 5.41 Å². The Balaban J connectivity index is 2.48. The lowest BCUT2D eigenvalue weighted by Gasteiger charge is -2.33. The predicted molar refractivity (Wildman–Crippen MR) is 73.1 cm³/mol. The van der Waals surface area contributed by atoms with Crippen LogP contribution in [-0.2, 0) is 4.79 Å². The third kappa shape index (κ3) is 4.38. The molecule has 6 heteroatoms. The highest BCUT2D eigenvalue weighted by Crippen LogP contribution is 2.35. The largest absolute Gasteiger partial charge is 0.481 e. The molecule has 1 fully saturated rings. The number of likely N-dealkylation sites (N-methyl/N-ethyl adjacent to an activating group) is 2. The van der Waals surface area contributed by atoms with Gasteiger partial charge in [0.25, 0.3) is 0 Å². The van der Waals surface area contributed by atoms with Gasteiger partial charge in [0.2, 0.25) is 0 Å². The van der Waals surface area contributed by atoms with Crippen molar-refractivity contribution >= 4 is 12.0 Å². The normalized spacial score (nSPS) is 17.8. The molecule has 0 aliphatic heterocycles. The van der Waals surface area contributed by atoms with E-state index in [1.165, 1.54) is 0 Å². The molecular formula is C13H25N3O3.